The predicted molar refractivity (Wildman–Crippen MR) is 115 cm³/mol. The van der Waals surface area contributed by atoms with Gasteiger partial charge in [0.2, 0.25) is 0 Å². The zero-order chi connectivity index (χ0) is 19.8. The molecule has 2 saturated heterocycles. The number of nitrogens with zero attached hydrogens (tertiary/aromatic N) is 4. The number of hydrogen-bond acceptors (Lipinski definition) is 7. The maximum Gasteiger partial charge on any atom is 0.267 e. The molecule has 4 rings (SSSR count). The maximum absolute atomic E-state index is 13.1. The molecule has 28 heavy (non-hydrogen) atoms. The predicted octanol–water partition coefficient (Wildman–Crippen LogP) is 2.14. The van der Waals surface area contributed by atoms with E-state index in [1.165, 1.54) is 16.2 Å². The van der Waals surface area contributed by atoms with Crippen LogP contribution in [0.15, 0.2) is 34.1 Å². The molecule has 7 nitrogen and oxygen atoms in total. The van der Waals surface area contributed by atoms with Crippen LogP contribution in [0.4, 0.5) is 5.82 Å². The van der Waals surface area contributed by atoms with E-state index in [0.29, 0.717) is 32.8 Å². The highest BCUT2D eigenvalue weighted by molar-refractivity contribution is 8.26. The monoisotopic (exact) mass is 416 g/mol. The second-order valence-corrected chi connectivity index (χ2v) is 8.58. The van der Waals surface area contributed by atoms with Crippen LogP contribution in [-0.4, -0.2) is 57.9 Å². The Bertz CT molecular complexity index is 1040. The lowest BCUT2D eigenvalue weighted by Crippen LogP contribution is -2.35. The van der Waals surface area contributed by atoms with Crippen molar-refractivity contribution in [1.82, 2.24) is 14.3 Å². The number of thiocarbonyl (C=S) groups is 1. The van der Waals surface area contributed by atoms with Gasteiger partial charge in [0.15, 0.2) is 0 Å². The Balaban J connectivity index is 1.74. The summed E-state index contributed by atoms with van der Waals surface area (Å²) in [6, 6.07) is 5.38. The van der Waals surface area contributed by atoms with Crippen LogP contribution < -0.4 is 10.5 Å². The van der Waals surface area contributed by atoms with Crippen molar-refractivity contribution in [1.29, 1.82) is 0 Å². The zero-order valence-corrected chi connectivity index (χ0v) is 17.3. The zero-order valence-electron chi connectivity index (χ0n) is 15.6. The topological polar surface area (TPSA) is 67.2 Å². The third-order valence-corrected chi connectivity index (χ3v) is 6.11. The van der Waals surface area contributed by atoms with Crippen molar-refractivity contribution in [3.05, 3.63) is 45.2 Å². The van der Waals surface area contributed by atoms with E-state index >= 15 is 0 Å². The van der Waals surface area contributed by atoms with E-state index in [2.05, 4.69) is 4.98 Å². The minimum atomic E-state index is -0.223. The molecule has 0 unspecified atom stereocenters. The summed E-state index contributed by atoms with van der Waals surface area (Å²) in [7, 11) is 3.64. The number of anilines is 1. The summed E-state index contributed by atoms with van der Waals surface area (Å²) in [6.07, 6.45) is 5.23. The first-order valence-corrected chi connectivity index (χ1v) is 10.2. The molecule has 2 aliphatic rings. The fourth-order valence-corrected chi connectivity index (χ4v) is 4.60. The molecule has 0 N–H and O–H groups in total. The van der Waals surface area contributed by atoms with Crippen molar-refractivity contribution < 1.29 is 9.53 Å². The number of carbonyl (C=O) groups excluding carboxylic acids is 1. The number of thioether (sulfide) groups is 1. The molecule has 9 heteroatoms. The normalized spacial score (nSPS) is 21.3. The molecule has 0 aromatic carbocycles. The van der Waals surface area contributed by atoms with Crippen molar-refractivity contribution in [3.8, 4) is 0 Å². The van der Waals surface area contributed by atoms with Crippen molar-refractivity contribution in [2.24, 2.45) is 0 Å². The number of pyridine rings is 1. The Morgan fingerprint density at radius 2 is 2.21 bits per heavy atom. The van der Waals surface area contributed by atoms with Gasteiger partial charge in [0.1, 0.15) is 15.8 Å². The summed E-state index contributed by atoms with van der Waals surface area (Å²) in [5.41, 5.74) is 0.698. The quantitative estimate of drug-likeness (QED) is 0.559. The third kappa shape index (κ3) is 3.45. The second kappa shape index (κ2) is 7.65. The standard InChI is InChI=1S/C19H20N4O3S2/c1-21(2)16-13(17(24)22-8-4-3-7-15(22)20-16)10-14-18(25)23(19(27)28-14)11-12-6-5-9-26-12/h3-4,7-8,10,12H,5-6,9,11H2,1-2H3/b14-10-/t12-/m0/s1. The molecular weight excluding hydrogens is 396 g/mol. The molecule has 0 saturated carbocycles. The van der Waals surface area contributed by atoms with Crippen LogP contribution in [0.2, 0.25) is 0 Å². The number of fused-ring (bicyclic) bond motifs is 1. The lowest BCUT2D eigenvalue weighted by molar-refractivity contribution is -0.123. The Hall–Kier alpha value is -2.23. The SMILES string of the molecule is CN(C)c1nc2ccccn2c(=O)c1/C=C1\SC(=S)N(C[C@@H]2CCCO2)C1=O. The number of hydrogen-bond donors (Lipinski definition) is 0. The van der Waals surface area contributed by atoms with Crippen LogP contribution in [0.1, 0.15) is 18.4 Å². The van der Waals surface area contributed by atoms with Crippen molar-refractivity contribution in [3.63, 3.8) is 0 Å². The van der Waals surface area contributed by atoms with Gasteiger partial charge < -0.3 is 9.64 Å². The van der Waals surface area contributed by atoms with Crippen molar-refractivity contribution in [2.45, 2.75) is 18.9 Å². The maximum atomic E-state index is 13.1. The van der Waals surface area contributed by atoms with E-state index in [9.17, 15) is 9.59 Å². The number of rotatable bonds is 4. The first-order valence-electron chi connectivity index (χ1n) is 9.01. The summed E-state index contributed by atoms with van der Waals surface area (Å²) in [5, 5.41) is 0. The van der Waals surface area contributed by atoms with Crippen molar-refractivity contribution >= 4 is 51.7 Å². The lowest BCUT2D eigenvalue weighted by atomic mass is 10.2. The molecule has 2 aromatic heterocycles. The van der Waals surface area contributed by atoms with Crippen LogP contribution >= 0.6 is 24.0 Å². The van der Waals surface area contributed by atoms with Crippen LogP contribution in [0, 0.1) is 0 Å². The average Bonchev–Trinajstić information content (AvgIpc) is 3.28. The van der Waals surface area contributed by atoms with Gasteiger partial charge in [0, 0.05) is 26.9 Å². The largest absolute Gasteiger partial charge is 0.376 e. The molecule has 0 bridgehead atoms. The molecule has 2 aromatic rings. The molecule has 2 aliphatic heterocycles. The van der Waals surface area contributed by atoms with E-state index < -0.39 is 0 Å². The second-order valence-electron chi connectivity index (χ2n) is 6.90. The first-order chi connectivity index (χ1) is 13.5. The average molecular weight is 417 g/mol. The Morgan fingerprint density at radius 3 is 2.93 bits per heavy atom. The highest BCUT2D eigenvalue weighted by atomic mass is 32.2. The molecule has 2 fully saturated rings. The highest BCUT2D eigenvalue weighted by Gasteiger charge is 2.35. The van der Waals surface area contributed by atoms with Gasteiger partial charge in [-0.1, -0.05) is 30.0 Å². The number of carbonyl (C=O) groups is 1. The van der Waals surface area contributed by atoms with E-state index in [1.807, 2.05) is 20.2 Å². The Kier molecular flexibility index (Phi) is 5.22. The summed E-state index contributed by atoms with van der Waals surface area (Å²) in [6.45, 7) is 1.18. The summed E-state index contributed by atoms with van der Waals surface area (Å²) < 4.78 is 7.60. The summed E-state index contributed by atoms with van der Waals surface area (Å²) in [4.78, 5) is 34.3. The molecule has 1 atom stereocenters. The Morgan fingerprint density at radius 1 is 1.39 bits per heavy atom. The van der Waals surface area contributed by atoms with E-state index in [-0.39, 0.29) is 17.6 Å². The van der Waals surface area contributed by atoms with Crippen LogP contribution in [-0.2, 0) is 9.53 Å². The van der Waals surface area contributed by atoms with Crippen LogP contribution in [0.25, 0.3) is 11.7 Å². The van der Waals surface area contributed by atoms with Gasteiger partial charge >= 0.3 is 0 Å². The molecule has 0 aliphatic carbocycles. The van der Waals surface area contributed by atoms with Gasteiger partial charge in [0.25, 0.3) is 11.5 Å². The molecule has 4 heterocycles. The van der Waals surface area contributed by atoms with Gasteiger partial charge in [-0.15, -0.1) is 0 Å². The highest BCUT2D eigenvalue weighted by Crippen LogP contribution is 2.34. The summed E-state index contributed by atoms with van der Waals surface area (Å²) in [5.74, 6) is 0.327. The molecule has 146 valence electrons. The molecule has 0 spiro atoms. The smallest absolute Gasteiger partial charge is 0.267 e. The molecule has 1 amide bonds. The van der Waals surface area contributed by atoms with Crippen LogP contribution in [0.5, 0.6) is 0 Å². The minimum absolute atomic E-state index is 0.0205. The number of amides is 1. The van der Waals surface area contributed by atoms with Crippen molar-refractivity contribution in [2.75, 3.05) is 32.1 Å². The van der Waals surface area contributed by atoms with E-state index in [4.69, 9.17) is 17.0 Å². The van der Waals surface area contributed by atoms with Gasteiger partial charge in [-0.05, 0) is 31.1 Å². The van der Waals surface area contributed by atoms with E-state index in [1.54, 1.807) is 34.2 Å². The summed E-state index contributed by atoms with van der Waals surface area (Å²) >= 11 is 6.62. The molecular formula is C19H20N4O3S2. The van der Waals surface area contributed by atoms with Crippen LogP contribution in [0.3, 0.4) is 0 Å². The minimum Gasteiger partial charge on any atom is -0.376 e. The molecule has 0 radical (unpaired) electrons. The first kappa shape index (κ1) is 19.1. The van der Waals surface area contributed by atoms with Gasteiger partial charge in [-0.2, -0.15) is 0 Å². The van der Waals surface area contributed by atoms with E-state index in [0.717, 1.165) is 19.4 Å². The number of ether oxygens (including phenoxy) is 1. The van der Waals surface area contributed by atoms with Gasteiger partial charge in [-0.3, -0.25) is 18.9 Å². The van der Waals surface area contributed by atoms with Gasteiger partial charge in [0.05, 0.1) is 23.1 Å². The number of aromatic nitrogens is 2. The van der Waals surface area contributed by atoms with Gasteiger partial charge in [-0.25, -0.2) is 4.98 Å². The fraction of sp³-hybridized carbons (Fsp3) is 0.368. The third-order valence-electron chi connectivity index (χ3n) is 4.73. The lowest BCUT2D eigenvalue weighted by Gasteiger charge is -2.18. The fourth-order valence-electron chi connectivity index (χ4n) is 3.34. The Labute approximate surface area is 172 Å².